The summed E-state index contributed by atoms with van der Waals surface area (Å²) in [6, 6.07) is 4.50. The summed E-state index contributed by atoms with van der Waals surface area (Å²) in [6.07, 6.45) is 0.937. The molecule has 0 atom stereocenters. The Hall–Kier alpha value is -2.02. The van der Waals surface area contributed by atoms with Crippen LogP contribution < -0.4 is 10.6 Å². The number of aryl methyl sites for hydroxylation is 1. The highest BCUT2D eigenvalue weighted by Crippen LogP contribution is 2.30. The van der Waals surface area contributed by atoms with Crippen LogP contribution in [0.3, 0.4) is 0 Å². The lowest BCUT2D eigenvalue weighted by Crippen LogP contribution is -2.28. The van der Waals surface area contributed by atoms with Gasteiger partial charge in [0.25, 0.3) is 0 Å². The SMILES string of the molecule is CCC(C)(C)c1nnc(NC(=O)NCc2ccc(C)c(F)c2)s1. The predicted molar refractivity (Wildman–Crippen MR) is 90.2 cm³/mol. The molecule has 2 N–H and O–H groups in total. The summed E-state index contributed by atoms with van der Waals surface area (Å²) >= 11 is 1.36. The van der Waals surface area contributed by atoms with Gasteiger partial charge in [0, 0.05) is 12.0 Å². The van der Waals surface area contributed by atoms with Gasteiger partial charge < -0.3 is 5.32 Å². The van der Waals surface area contributed by atoms with E-state index in [9.17, 15) is 9.18 Å². The fourth-order valence-corrected chi connectivity index (χ4v) is 2.68. The number of halogens is 1. The molecule has 124 valence electrons. The third kappa shape index (κ3) is 4.48. The third-order valence-electron chi connectivity index (χ3n) is 3.80. The van der Waals surface area contributed by atoms with Crippen molar-refractivity contribution >= 4 is 22.5 Å². The zero-order chi connectivity index (χ0) is 17.0. The van der Waals surface area contributed by atoms with Crippen LogP contribution in [0.2, 0.25) is 0 Å². The molecule has 5 nitrogen and oxygen atoms in total. The number of urea groups is 1. The average molecular weight is 336 g/mol. The van der Waals surface area contributed by atoms with E-state index in [1.54, 1.807) is 19.1 Å². The molecule has 2 aromatic rings. The van der Waals surface area contributed by atoms with E-state index in [4.69, 9.17) is 0 Å². The minimum Gasteiger partial charge on any atom is -0.334 e. The molecular weight excluding hydrogens is 315 g/mol. The number of aromatic nitrogens is 2. The van der Waals surface area contributed by atoms with Gasteiger partial charge >= 0.3 is 6.03 Å². The van der Waals surface area contributed by atoms with Gasteiger partial charge in [-0.15, -0.1) is 10.2 Å². The van der Waals surface area contributed by atoms with E-state index in [1.807, 2.05) is 0 Å². The number of hydrogen-bond donors (Lipinski definition) is 2. The molecule has 0 saturated carbocycles. The second-order valence-corrected chi connectivity index (χ2v) is 7.02. The maximum absolute atomic E-state index is 13.5. The van der Waals surface area contributed by atoms with Crippen LogP contribution in [0.15, 0.2) is 18.2 Å². The normalized spacial score (nSPS) is 11.3. The number of nitrogens with one attached hydrogen (secondary N) is 2. The van der Waals surface area contributed by atoms with E-state index in [1.165, 1.54) is 17.4 Å². The maximum atomic E-state index is 13.5. The standard InChI is InChI=1S/C16H21FN4OS/c1-5-16(3,4)13-20-21-15(23-13)19-14(22)18-9-11-7-6-10(2)12(17)8-11/h6-8H,5,9H2,1-4H3,(H2,18,19,21,22). The Morgan fingerprint density at radius 2 is 2.09 bits per heavy atom. The second-order valence-electron chi connectivity index (χ2n) is 6.04. The number of nitrogens with zero attached hydrogens (tertiary/aromatic N) is 2. The van der Waals surface area contributed by atoms with Crippen LogP contribution in [0, 0.1) is 12.7 Å². The van der Waals surface area contributed by atoms with Crippen molar-refractivity contribution in [1.82, 2.24) is 15.5 Å². The first-order chi connectivity index (χ1) is 10.8. The minimum atomic E-state index is -0.386. The molecule has 0 fully saturated rings. The molecule has 0 saturated heterocycles. The van der Waals surface area contributed by atoms with Gasteiger partial charge in [-0.2, -0.15) is 0 Å². The lowest BCUT2D eigenvalue weighted by atomic mass is 9.91. The van der Waals surface area contributed by atoms with Gasteiger partial charge in [-0.3, -0.25) is 5.32 Å². The quantitative estimate of drug-likeness (QED) is 0.867. The fourth-order valence-electron chi connectivity index (χ4n) is 1.77. The zero-order valence-electron chi connectivity index (χ0n) is 13.7. The molecule has 7 heteroatoms. The van der Waals surface area contributed by atoms with E-state index in [0.717, 1.165) is 11.4 Å². The van der Waals surface area contributed by atoms with Crippen LogP contribution in [0.4, 0.5) is 14.3 Å². The molecule has 2 rings (SSSR count). The molecule has 0 aliphatic heterocycles. The van der Waals surface area contributed by atoms with E-state index in [2.05, 4.69) is 41.6 Å². The summed E-state index contributed by atoms with van der Waals surface area (Å²) in [6.45, 7) is 8.20. The number of rotatable bonds is 5. The lowest BCUT2D eigenvalue weighted by molar-refractivity contribution is 0.251. The molecule has 0 bridgehead atoms. The summed E-state index contributed by atoms with van der Waals surface area (Å²) in [4.78, 5) is 11.9. The first kappa shape index (κ1) is 17.3. The number of hydrogen-bond acceptors (Lipinski definition) is 4. The van der Waals surface area contributed by atoms with Crippen molar-refractivity contribution in [3.8, 4) is 0 Å². The Morgan fingerprint density at radius 1 is 1.35 bits per heavy atom. The third-order valence-corrected chi connectivity index (χ3v) is 5.00. The first-order valence-electron chi connectivity index (χ1n) is 7.45. The molecule has 0 radical (unpaired) electrons. The Labute approximate surface area is 139 Å². The van der Waals surface area contributed by atoms with Crippen LogP contribution in [-0.2, 0) is 12.0 Å². The largest absolute Gasteiger partial charge is 0.334 e. The van der Waals surface area contributed by atoms with Gasteiger partial charge in [0.05, 0.1) is 0 Å². The lowest BCUT2D eigenvalue weighted by Gasteiger charge is -2.17. The number of carbonyl (C=O) groups excluding carboxylic acids is 1. The molecule has 1 aromatic heterocycles. The molecule has 0 spiro atoms. The van der Waals surface area contributed by atoms with Gasteiger partial charge in [-0.1, -0.05) is 44.2 Å². The average Bonchev–Trinajstić information content (AvgIpc) is 2.98. The van der Waals surface area contributed by atoms with E-state index < -0.39 is 0 Å². The van der Waals surface area contributed by atoms with E-state index in [0.29, 0.717) is 16.3 Å². The molecule has 2 amide bonds. The van der Waals surface area contributed by atoms with Gasteiger partial charge in [-0.25, -0.2) is 9.18 Å². The van der Waals surface area contributed by atoms with Crippen molar-refractivity contribution < 1.29 is 9.18 Å². The zero-order valence-corrected chi connectivity index (χ0v) is 14.6. The van der Waals surface area contributed by atoms with Gasteiger partial charge in [-0.05, 0) is 30.5 Å². The van der Waals surface area contributed by atoms with Crippen molar-refractivity contribution in [2.45, 2.75) is 46.1 Å². The van der Waals surface area contributed by atoms with Crippen LogP contribution in [0.1, 0.15) is 43.3 Å². The van der Waals surface area contributed by atoms with Crippen molar-refractivity contribution in [2.75, 3.05) is 5.32 Å². The summed E-state index contributed by atoms with van der Waals surface area (Å²) in [5, 5.41) is 14.8. The van der Waals surface area contributed by atoms with Crippen LogP contribution in [0.25, 0.3) is 0 Å². The molecule has 1 heterocycles. The first-order valence-corrected chi connectivity index (χ1v) is 8.27. The minimum absolute atomic E-state index is 0.0620. The van der Waals surface area contributed by atoms with Crippen molar-refractivity contribution in [3.05, 3.63) is 40.2 Å². The molecule has 0 aliphatic rings. The fraction of sp³-hybridized carbons (Fsp3) is 0.438. The highest BCUT2D eigenvalue weighted by Gasteiger charge is 2.23. The molecule has 1 aromatic carbocycles. The second kappa shape index (κ2) is 7.04. The van der Waals surface area contributed by atoms with E-state index in [-0.39, 0.29) is 23.8 Å². The summed E-state index contributed by atoms with van der Waals surface area (Å²) in [7, 11) is 0. The number of anilines is 1. The summed E-state index contributed by atoms with van der Waals surface area (Å²) < 4.78 is 13.5. The van der Waals surface area contributed by atoms with Crippen molar-refractivity contribution in [1.29, 1.82) is 0 Å². The summed E-state index contributed by atoms with van der Waals surface area (Å²) in [5.74, 6) is -0.278. The monoisotopic (exact) mass is 336 g/mol. The van der Waals surface area contributed by atoms with E-state index >= 15 is 0 Å². The molecule has 23 heavy (non-hydrogen) atoms. The number of benzene rings is 1. The predicted octanol–water partition coefficient (Wildman–Crippen LogP) is 3.99. The van der Waals surface area contributed by atoms with Gasteiger partial charge in [0.2, 0.25) is 5.13 Å². The van der Waals surface area contributed by atoms with Gasteiger partial charge in [0.1, 0.15) is 10.8 Å². The van der Waals surface area contributed by atoms with Crippen molar-refractivity contribution in [2.24, 2.45) is 0 Å². The van der Waals surface area contributed by atoms with Gasteiger partial charge in [0.15, 0.2) is 0 Å². The van der Waals surface area contributed by atoms with Crippen LogP contribution >= 0.6 is 11.3 Å². The Morgan fingerprint density at radius 3 is 2.74 bits per heavy atom. The highest BCUT2D eigenvalue weighted by molar-refractivity contribution is 7.15. The topological polar surface area (TPSA) is 66.9 Å². The number of carbonyl (C=O) groups is 1. The van der Waals surface area contributed by atoms with Crippen molar-refractivity contribution in [3.63, 3.8) is 0 Å². The maximum Gasteiger partial charge on any atom is 0.321 e. The Kier molecular flexibility index (Phi) is 5.30. The molecular formula is C16H21FN4OS. The Balaban J connectivity index is 1.91. The number of amides is 2. The van der Waals surface area contributed by atoms with Crippen LogP contribution in [-0.4, -0.2) is 16.2 Å². The Bertz CT molecular complexity index is 699. The summed E-state index contributed by atoms with van der Waals surface area (Å²) in [5.41, 5.74) is 1.22. The van der Waals surface area contributed by atoms with Crippen LogP contribution in [0.5, 0.6) is 0 Å². The highest BCUT2D eigenvalue weighted by atomic mass is 32.1. The smallest absolute Gasteiger partial charge is 0.321 e. The molecule has 0 unspecified atom stereocenters. The molecule has 0 aliphatic carbocycles.